The molecule has 0 saturated carbocycles. The van der Waals surface area contributed by atoms with Crippen LogP contribution in [0.3, 0.4) is 0 Å². The quantitative estimate of drug-likeness (QED) is 0.607. The number of carbonyl (C=O) groups excluding carboxylic acids is 2. The van der Waals surface area contributed by atoms with Gasteiger partial charge in [-0.25, -0.2) is 0 Å². The van der Waals surface area contributed by atoms with Crippen LogP contribution < -0.4 is 0 Å². The van der Waals surface area contributed by atoms with Gasteiger partial charge >= 0.3 is 0 Å². The smallest absolute Gasteiger partial charge is 0.261 e. The summed E-state index contributed by atoms with van der Waals surface area (Å²) < 4.78 is 0. The third kappa shape index (κ3) is 1.55. The van der Waals surface area contributed by atoms with Gasteiger partial charge in [0.25, 0.3) is 11.8 Å². The maximum Gasteiger partial charge on any atom is 0.261 e. The Morgan fingerprint density at radius 3 is 2.53 bits per heavy atom. The second-order valence-electron chi connectivity index (χ2n) is 3.53. The highest BCUT2D eigenvalue weighted by atomic mass is 32.1. The highest BCUT2D eigenvalue weighted by Crippen LogP contribution is 2.23. The normalized spacial score (nSPS) is 14.7. The molecule has 78 valence electrons. The van der Waals surface area contributed by atoms with Gasteiger partial charge in [0, 0.05) is 12.3 Å². The van der Waals surface area contributed by atoms with E-state index in [4.69, 9.17) is 0 Å². The van der Waals surface area contributed by atoms with Gasteiger partial charge in [0.15, 0.2) is 0 Å². The molecule has 0 fully saturated rings. The number of nitrogens with zero attached hydrogens (tertiary/aromatic N) is 1. The van der Waals surface area contributed by atoms with Crippen LogP contribution in [0, 0.1) is 6.92 Å². The van der Waals surface area contributed by atoms with E-state index in [-0.39, 0.29) is 11.8 Å². The van der Waals surface area contributed by atoms with Gasteiger partial charge in [-0.1, -0.05) is 11.6 Å². The minimum absolute atomic E-state index is 0.201. The molecule has 1 heterocycles. The van der Waals surface area contributed by atoms with E-state index in [1.165, 1.54) is 4.90 Å². The fourth-order valence-corrected chi connectivity index (χ4v) is 1.91. The molecular weight excluding hydrogens is 210 g/mol. The molecule has 15 heavy (non-hydrogen) atoms. The van der Waals surface area contributed by atoms with E-state index in [2.05, 4.69) is 12.6 Å². The first-order chi connectivity index (χ1) is 7.15. The molecule has 1 aliphatic rings. The maximum atomic E-state index is 11.8. The molecule has 0 unspecified atom stereocenters. The lowest BCUT2D eigenvalue weighted by molar-refractivity contribution is 0.0664. The van der Waals surface area contributed by atoms with Crippen LogP contribution in [-0.2, 0) is 0 Å². The lowest BCUT2D eigenvalue weighted by Gasteiger charge is -2.10. The Bertz CT molecular complexity index is 442. The summed E-state index contributed by atoms with van der Waals surface area (Å²) in [5.74, 6) is 0.0848. The number of aryl methyl sites for hydroxylation is 1. The SMILES string of the molecule is Cc1ccc2c(c1)C(=O)N(CCS)C2=O. The number of fused-ring (bicyclic) bond motifs is 1. The first kappa shape index (κ1) is 10.2. The van der Waals surface area contributed by atoms with E-state index >= 15 is 0 Å². The predicted molar refractivity (Wildman–Crippen MR) is 60.4 cm³/mol. The summed E-state index contributed by atoms with van der Waals surface area (Å²) in [5, 5.41) is 0. The molecule has 3 nitrogen and oxygen atoms in total. The summed E-state index contributed by atoms with van der Waals surface area (Å²) in [6, 6.07) is 5.31. The summed E-state index contributed by atoms with van der Waals surface area (Å²) in [6.07, 6.45) is 0. The Balaban J connectivity index is 2.46. The minimum atomic E-state index is -0.205. The van der Waals surface area contributed by atoms with Gasteiger partial charge < -0.3 is 0 Å². The van der Waals surface area contributed by atoms with Crippen LogP contribution in [0.2, 0.25) is 0 Å². The molecule has 4 heteroatoms. The molecule has 0 saturated heterocycles. The van der Waals surface area contributed by atoms with Crippen molar-refractivity contribution >= 4 is 24.4 Å². The van der Waals surface area contributed by atoms with Gasteiger partial charge in [-0.15, -0.1) is 0 Å². The molecule has 2 amide bonds. The van der Waals surface area contributed by atoms with Crippen molar-refractivity contribution in [3.8, 4) is 0 Å². The summed E-state index contributed by atoms with van der Waals surface area (Å²) in [6.45, 7) is 2.27. The number of imide groups is 1. The molecule has 0 atom stereocenters. The number of hydrogen-bond acceptors (Lipinski definition) is 3. The number of hydrogen-bond donors (Lipinski definition) is 1. The van der Waals surface area contributed by atoms with Crippen molar-refractivity contribution in [1.82, 2.24) is 4.90 Å². The van der Waals surface area contributed by atoms with E-state index in [9.17, 15) is 9.59 Å². The fraction of sp³-hybridized carbons (Fsp3) is 0.273. The molecule has 0 radical (unpaired) electrons. The van der Waals surface area contributed by atoms with E-state index < -0.39 is 0 Å². The van der Waals surface area contributed by atoms with Crippen molar-refractivity contribution in [2.45, 2.75) is 6.92 Å². The largest absolute Gasteiger partial charge is 0.274 e. The van der Waals surface area contributed by atoms with Crippen molar-refractivity contribution in [2.75, 3.05) is 12.3 Å². The molecule has 0 aromatic heterocycles. The first-order valence-corrected chi connectivity index (χ1v) is 5.36. The highest BCUT2D eigenvalue weighted by molar-refractivity contribution is 7.80. The Labute approximate surface area is 93.5 Å². The number of benzene rings is 1. The van der Waals surface area contributed by atoms with Crippen molar-refractivity contribution in [3.05, 3.63) is 34.9 Å². The van der Waals surface area contributed by atoms with E-state index in [1.807, 2.05) is 13.0 Å². The van der Waals surface area contributed by atoms with E-state index in [1.54, 1.807) is 12.1 Å². The summed E-state index contributed by atoms with van der Waals surface area (Å²) in [4.78, 5) is 24.8. The van der Waals surface area contributed by atoms with Crippen molar-refractivity contribution in [1.29, 1.82) is 0 Å². The summed E-state index contributed by atoms with van der Waals surface area (Å²) in [5.41, 5.74) is 2.01. The Morgan fingerprint density at radius 1 is 1.20 bits per heavy atom. The molecule has 0 spiro atoms. The Hall–Kier alpha value is -1.29. The van der Waals surface area contributed by atoms with Crippen molar-refractivity contribution in [3.63, 3.8) is 0 Å². The number of thiol groups is 1. The molecule has 1 aromatic carbocycles. The molecule has 1 aromatic rings. The zero-order chi connectivity index (χ0) is 11.0. The van der Waals surface area contributed by atoms with Gasteiger partial charge in [-0.2, -0.15) is 12.6 Å². The molecule has 0 aliphatic carbocycles. The number of carbonyl (C=O) groups is 2. The number of amides is 2. The summed E-state index contributed by atoms with van der Waals surface area (Å²) >= 11 is 4.03. The third-order valence-corrected chi connectivity index (χ3v) is 2.65. The third-order valence-electron chi connectivity index (χ3n) is 2.45. The minimum Gasteiger partial charge on any atom is -0.274 e. The zero-order valence-corrected chi connectivity index (χ0v) is 9.25. The average molecular weight is 221 g/mol. The van der Waals surface area contributed by atoms with Crippen molar-refractivity contribution < 1.29 is 9.59 Å². The molecule has 1 aliphatic heterocycles. The monoisotopic (exact) mass is 221 g/mol. The average Bonchev–Trinajstić information content (AvgIpc) is 2.44. The van der Waals surface area contributed by atoms with Crippen LogP contribution in [-0.4, -0.2) is 29.0 Å². The Morgan fingerprint density at radius 2 is 1.87 bits per heavy atom. The van der Waals surface area contributed by atoms with Crippen LogP contribution in [0.1, 0.15) is 26.3 Å². The maximum absolute atomic E-state index is 11.8. The van der Waals surface area contributed by atoms with Crippen LogP contribution in [0.25, 0.3) is 0 Å². The highest BCUT2D eigenvalue weighted by Gasteiger charge is 2.34. The van der Waals surface area contributed by atoms with Crippen LogP contribution in [0.5, 0.6) is 0 Å². The van der Waals surface area contributed by atoms with Gasteiger partial charge in [0.2, 0.25) is 0 Å². The van der Waals surface area contributed by atoms with Crippen molar-refractivity contribution in [2.24, 2.45) is 0 Å². The molecule has 0 bridgehead atoms. The lowest BCUT2D eigenvalue weighted by Crippen LogP contribution is -2.31. The fourth-order valence-electron chi connectivity index (χ4n) is 1.71. The van der Waals surface area contributed by atoms with Gasteiger partial charge in [0.05, 0.1) is 11.1 Å². The van der Waals surface area contributed by atoms with Gasteiger partial charge in [-0.3, -0.25) is 14.5 Å². The predicted octanol–water partition coefficient (Wildman–Crippen LogP) is 1.52. The van der Waals surface area contributed by atoms with Gasteiger partial charge in [-0.05, 0) is 19.1 Å². The number of rotatable bonds is 2. The summed E-state index contributed by atoms with van der Waals surface area (Å²) in [7, 11) is 0. The molecule has 2 rings (SSSR count). The van der Waals surface area contributed by atoms with Crippen LogP contribution in [0.4, 0.5) is 0 Å². The zero-order valence-electron chi connectivity index (χ0n) is 8.36. The topological polar surface area (TPSA) is 37.4 Å². The van der Waals surface area contributed by atoms with Gasteiger partial charge in [0.1, 0.15) is 0 Å². The Kier molecular flexibility index (Phi) is 2.52. The van der Waals surface area contributed by atoms with E-state index in [0.29, 0.717) is 23.4 Å². The lowest BCUT2D eigenvalue weighted by atomic mass is 10.1. The molecular formula is C11H11NO2S. The van der Waals surface area contributed by atoms with E-state index in [0.717, 1.165) is 5.56 Å². The second kappa shape index (κ2) is 3.70. The second-order valence-corrected chi connectivity index (χ2v) is 3.98. The van der Waals surface area contributed by atoms with Crippen LogP contribution >= 0.6 is 12.6 Å². The standard InChI is InChI=1S/C11H11NO2S/c1-7-2-3-8-9(6-7)11(14)12(4-5-15)10(8)13/h2-3,6,15H,4-5H2,1H3. The van der Waals surface area contributed by atoms with Crippen LogP contribution in [0.15, 0.2) is 18.2 Å². The first-order valence-electron chi connectivity index (χ1n) is 4.73. The molecule has 0 N–H and O–H groups in total.